The van der Waals surface area contributed by atoms with Gasteiger partial charge in [0.05, 0.1) is 15.5 Å². The average molecular weight is 423 g/mol. The second-order valence-electron chi connectivity index (χ2n) is 7.31. The topological polar surface area (TPSA) is 46.5 Å². The minimum atomic E-state index is -3.92. The quantitative estimate of drug-likeness (QED) is 0.540. The Balaban J connectivity index is 1.96. The van der Waals surface area contributed by atoms with Gasteiger partial charge in [0.1, 0.15) is 11.6 Å². The number of aryl methyl sites for hydroxylation is 2. The van der Waals surface area contributed by atoms with Crippen molar-refractivity contribution in [2.45, 2.75) is 25.2 Å². The number of fused-ring (bicyclic) bond motifs is 1. The second kappa shape index (κ2) is 7.61. The van der Waals surface area contributed by atoms with Crippen molar-refractivity contribution in [2.75, 3.05) is 0 Å². The predicted octanol–water partition coefficient (Wildman–Crippen LogP) is 5.73. The number of nitrogens with zero attached hydrogens (tertiary/aromatic N) is 1. The summed E-state index contributed by atoms with van der Waals surface area (Å²) in [5, 5.41) is 0. The highest BCUT2D eigenvalue weighted by Crippen LogP contribution is 2.35. The molecule has 0 aliphatic carbocycles. The summed E-state index contributed by atoms with van der Waals surface area (Å²) < 4.78 is 54.5. The van der Waals surface area contributed by atoms with Crippen LogP contribution >= 0.6 is 0 Å². The predicted molar refractivity (Wildman–Crippen MR) is 115 cm³/mol. The van der Waals surface area contributed by atoms with Crippen molar-refractivity contribution in [3.05, 3.63) is 99.5 Å². The third-order valence-corrected chi connectivity index (χ3v) is 7.10. The summed E-state index contributed by atoms with van der Waals surface area (Å²) in [5.74, 6) is -0.852. The highest BCUT2D eigenvalue weighted by molar-refractivity contribution is 7.96. The number of sulfone groups is 1. The Morgan fingerprint density at radius 1 is 0.833 bits per heavy atom. The Bertz CT molecular complexity index is 1310. The van der Waals surface area contributed by atoms with Gasteiger partial charge in [0, 0.05) is 12.6 Å². The van der Waals surface area contributed by atoms with Gasteiger partial charge in [-0.25, -0.2) is 17.2 Å². The molecule has 0 unspecified atom stereocenters. The van der Waals surface area contributed by atoms with E-state index in [1.165, 1.54) is 48.7 Å². The highest BCUT2D eigenvalue weighted by atomic mass is 32.2. The fraction of sp³-hybridized carbons (Fsp3) is 0.125. The number of aliphatic imine (C=N–C) groups is 1. The van der Waals surface area contributed by atoms with Gasteiger partial charge in [-0.15, -0.1) is 0 Å². The van der Waals surface area contributed by atoms with Crippen LogP contribution in [0.5, 0.6) is 0 Å². The number of benzene rings is 3. The van der Waals surface area contributed by atoms with E-state index in [4.69, 9.17) is 0 Å². The van der Waals surface area contributed by atoms with Crippen LogP contribution in [0.4, 0.5) is 14.5 Å². The van der Waals surface area contributed by atoms with Crippen molar-refractivity contribution < 1.29 is 17.2 Å². The number of allylic oxidation sites excluding steroid dienone is 2. The van der Waals surface area contributed by atoms with E-state index in [2.05, 4.69) is 4.99 Å². The summed E-state index contributed by atoms with van der Waals surface area (Å²) >= 11 is 0. The van der Waals surface area contributed by atoms with Gasteiger partial charge in [-0.2, -0.15) is 0 Å². The normalized spacial score (nSPS) is 13.9. The molecule has 1 aliphatic rings. The van der Waals surface area contributed by atoms with Crippen molar-refractivity contribution in [1.29, 1.82) is 0 Å². The van der Waals surface area contributed by atoms with Gasteiger partial charge in [-0.05, 0) is 84.1 Å². The second-order valence-corrected chi connectivity index (χ2v) is 9.23. The Morgan fingerprint density at radius 3 is 2.23 bits per heavy atom. The number of hydrogen-bond donors (Lipinski definition) is 0. The van der Waals surface area contributed by atoms with Crippen LogP contribution in [0.1, 0.15) is 22.3 Å². The molecule has 0 radical (unpaired) electrons. The number of halogens is 2. The lowest BCUT2D eigenvalue weighted by molar-refractivity contribution is 0.603. The zero-order valence-corrected chi connectivity index (χ0v) is 17.3. The Morgan fingerprint density at radius 2 is 1.53 bits per heavy atom. The van der Waals surface area contributed by atoms with Crippen LogP contribution in [-0.2, 0) is 16.3 Å². The van der Waals surface area contributed by atoms with Crippen molar-refractivity contribution in [2.24, 2.45) is 4.99 Å². The van der Waals surface area contributed by atoms with Crippen LogP contribution in [0.25, 0.3) is 5.57 Å². The Hall–Kier alpha value is -3.12. The molecule has 1 heterocycles. The van der Waals surface area contributed by atoms with Gasteiger partial charge in [-0.3, -0.25) is 4.99 Å². The molecule has 0 saturated heterocycles. The van der Waals surface area contributed by atoms with Crippen molar-refractivity contribution in [1.82, 2.24) is 0 Å². The lowest BCUT2D eigenvalue weighted by atomic mass is 9.97. The van der Waals surface area contributed by atoms with E-state index in [1.807, 2.05) is 13.8 Å². The lowest BCUT2D eigenvalue weighted by Gasteiger charge is -2.14. The minimum Gasteiger partial charge on any atom is -0.255 e. The molecule has 4 rings (SSSR count). The molecule has 0 atom stereocenters. The third kappa shape index (κ3) is 3.71. The molecule has 0 N–H and O–H groups in total. The summed E-state index contributed by atoms with van der Waals surface area (Å²) in [7, 11) is -3.92. The van der Waals surface area contributed by atoms with E-state index in [1.54, 1.807) is 18.2 Å². The molecule has 30 heavy (non-hydrogen) atoms. The van der Waals surface area contributed by atoms with E-state index in [0.29, 0.717) is 22.4 Å². The molecule has 1 aliphatic heterocycles. The van der Waals surface area contributed by atoms with Crippen LogP contribution in [0, 0.1) is 25.5 Å². The molecule has 3 aromatic rings. The minimum absolute atomic E-state index is 0.0222. The fourth-order valence-corrected chi connectivity index (χ4v) is 4.98. The summed E-state index contributed by atoms with van der Waals surface area (Å²) in [6, 6.07) is 14.7. The highest BCUT2D eigenvalue weighted by Gasteiger charge is 2.27. The van der Waals surface area contributed by atoms with Crippen LogP contribution in [0.3, 0.4) is 0 Å². The third-order valence-electron chi connectivity index (χ3n) is 5.30. The molecule has 0 amide bonds. The number of hydrogen-bond acceptors (Lipinski definition) is 3. The largest absolute Gasteiger partial charge is 0.255 e. The van der Waals surface area contributed by atoms with Crippen molar-refractivity contribution >= 4 is 27.3 Å². The van der Waals surface area contributed by atoms with Crippen LogP contribution in [0.2, 0.25) is 0 Å². The summed E-state index contributed by atoms with van der Waals surface area (Å²) in [6.07, 6.45) is 1.46. The van der Waals surface area contributed by atoms with Crippen LogP contribution in [-0.4, -0.2) is 14.6 Å². The maximum absolute atomic E-state index is 13.9. The van der Waals surface area contributed by atoms with Gasteiger partial charge in [0.25, 0.3) is 0 Å². The smallest absolute Gasteiger partial charge is 0.208 e. The molecule has 0 aromatic heterocycles. The first kappa shape index (κ1) is 20.2. The van der Waals surface area contributed by atoms with E-state index in [9.17, 15) is 17.2 Å². The first-order chi connectivity index (χ1) is 14.3. The van der Waals surface area contributed by atoms with Crippen molar-refractivity contribution in [3.8, 4) is 0 Å². The Kier molecular flexibility index (Phi) is 5.12. The van der Waals surface area contributed by atoms with E-state index in [0.717, 1.165) is 11.1 Å². The molecule has 0 fully saturated rings. The van der Waals surface area contributed by atoms with Gasteiger partial charge in [-0.1, -0.05) is 18.2 Å². The monoisotopic (exact) mass is 423 g/mol. The van der Waals surface area contributed by atoms with Gasteiger partial charge in [0.2, 0.25) is 9.84 Å². The number of rotatable bonds is 3. The standard InChI is InChI=1S/C24H19F2NO2S/c1-15-3-9-21(11-16(15)2)30(28,29)24-14-27-23-10-8-20(26)12-18(23)13-22(24)17-4-6-19(25)7-5-17/h3-12,14H,13H2,1-2H3. The molecule has 3 nitrogen and oxygen atoms in total. The molecule has 0 bridgehead atoms. The van der Waals surface area contributed by atoms with Crippen LogP contribution < -0.4 is 0 Å². The molecule has 0 spiro atoms. The van der Waals surface area contributed by atoms with Crippen molar-refractivity contribution in [3.63, 3.8) is 0 Å². The van der Waals surface area contributed by atoms with Gasteiger partial charge < -0.3 is 0 Å². The fourth-order valence-electron chi connectivity index (χ4n) is 3.44. The first-order valence-corrected chi connectivity index (χ1v) is 10.9. The summed E-state index contributed by atoms with van der Waals surface area (Å²) in [5.41, 5.74) is 3.90. The first-order valence-electron chi connectivity index (χ1n) is 9.39. The maximum Gasteiger partial charge on any atom is 0.208 e. The average Bonchev–Trinajstić information content (AvgIpc) is 2.90. The zero-order chi connectivity index (χ0) is 21.5. The zero-order valence-electron chi connectivity index (χ0n) is 16.5. The molecular formula is C24H19F2NO2S. The molecule has 6 heteroatoms. The maximum atomic E-state index is 13.9. The summed E-state index contributed by atoms with van der Waals surface area (Å²) in [4.78, 5) is 4.51. The van der Waals surface area contributed by atoms with E-state index >= 15 is 0 Å². The lowest BCUT2D eigenvalue weighted by Crippen LogP contribution is -2.10. The molecule has 0 saturated carbocycles. The Labute approximate surface area is 174 Å². The van der Waals surface area contributed by atoms with E-state index in [-0.39, 0.29) is 16.2 Å². The van der Waals surface area contributed by atoms with Crippen LogP contribution in [0.15, 0.2) is 75.5 Å². The summed E-state index contributed by atoms with van der Waals surface area (Å²) in [6.45, 7) is 3.76. The molecule has 152 valence electrons. The van der Waals surface area contributed by atoms with Gasteiger partial charge >= 0.3 is 0 Å². The SMILES string of the molecule is Cc1ccc(S(=O)(=O)C2=C(c3ccc(F)cc3)Cc3cc(F)ccc3N=C2)cc1C. The van der Waals surface area contributed by atoms with Gasteiger partial charge in [0.15, 0.2) is 0 Å². The van der Waals surface area contributed by atoms with E-state index < -0.39 is 21.5 Å². The molecule has 3 aromatic carbocycles. The molecular weight excluding hydrogens is 404 g/mol.